The molecule has 2 heterocycles. The van der Waals surface area contributed by atoms with Gasteiger partial charge in [-0.3, -0.25) is 9.88 Å². The van der Waals surface area contributed by atoms with Crippen LogP contribution >= 0.6 is 0 Å². The van der Waals surface area contributed by atoms with Crippen LogP contribution in [0, 0.1) is 0 Å². The van der Waals surface area contributed by atoms with Gasteiger partial charge in [-0.15, -0.1) is 13.2 Å². The number of nitrogens with zero attached hydrogens (tertiary/aromatic N) is 4. The highest BCUT2D eigenvalue weighted by atomic mass is 19.4. The monoisotopic (exact) mass is 512 g/mol. The molecule has 10 heteroatoms. The van der Waals surface area contributed by atoms with E-state index < -0.39 is 6.36 Å². The maximum Gasteiger partial charge on any atom is 0.573 e. The summed E-state index contributed by atoms with van der Waals surface area (Å²) < 4.78 is 54.0. The maximum atomic E-state index is 12.8. The Morgan fingerprint density at radius 1 is 1.05 bits per heavy atom. The lowest BCUT2D eigenvalue weighted by atomic mass is 10.0. The van der Waals surface area contributed by atoms with Crippen LogP contribution in [0.4, 0.5) is 18.9 Å². The Bertz CT molecular complexity index is 1210. The van der Waals surface area contributed by atoms with E-state index in [0.717, 1.165) is 39.3 Å². The Labute approximate surface area is 213 Å². The number of hydrogen-bond acceptors (Lipinski definition) is 6. The Kier molecular flexibility index (Phi) is 8.86. The molecular formula is C27H27F3N4O3. The maximum absolute atomic E-state index is 12.8. The molecule has 1 aliphatic heterocycles. The lowest BCUT2D eigenvalue weighted by Gasteiger charge is -2.26. The van der Waals surface area contributed by atoms with E-state index in [-0.39, 0.29) is 5.75 Å². The summed E-state index contributed by atoms with van der Waals surface area (Å²) in [5.74, 6) is 0.579. The third kappa shape index (κ3) is 7.86. The van der Waals surface area contributed by atoms with Crippen molar-refractivity contribution >= 4 is 18.2 Å². The molecule has 0 amide bonds. The van der Waals surface area contributed by atoms with Gasteiger partial charge >= 0.3 is 6.36 Å². The highest BCUT2D eigenvalue weighted by Gasteiger charge is 2.31. The number of ether oxygens (including phenoxy) is 3. The molecule has 194 valence electrons. The minimum atomic E-state index is -4.80. The molecule has 7 nitrogen and oxygen atoms in total. The zero-order chi connectivity index (χ0) is 26.1. The first-order valence-corrected chi connectivity index (χ1v) is 11.8. The fourth-order valence-corrected chi connectivity index (χ4v) is 3.90. The van der Waals surface area contributed by atoms with Crippen LogP contribution in [0.2, 0.25) is 0 Å². The minimum absolute atomic E-state index is 0.328. The summed E-state index contributed by atoms with van der Waals surface area (Å²) in [6, 6.07) is 14.6. The van der Waals surface area contributed by atoms with E-state index in [4.69, 9.17) is 9.47 Å². The van der Waals surface area contributed by atoms with E-state index in [9.17, 15) is 13.2 Å². The number of rotatable bonds is 9. The number of alkyl halides is 3. The molecule has 0 saturated carbocycles. The summed E-state index contributed by atoms with van der Waals surface area (Å²) in [6.45, 7) is 8.29. The lowest BCUT2D eigenvalue weighted by molar-refractivity contribution is -0.274. The molecule has 4 rings (SSSR count). The topological polar surface area (TPSA) is 68.5 Å². The van der Waals surface area contributed by atoms with Crippen LogP contribution in [0.15, 0.2) is 77.0 Å². The lowest BCUT2D eigenvalue weighted by Crippen LogP contribution is -2.37. The van der Waals surface area contributed by atoms with Crippen molar-refractivity contribution < 1.29 is 27.4 Å². The fourth-order valence-electron chi connectivity index (χ4n) is 3.90. The average Bonchev–Trinajstić information content (AvgIpc) is 2.90. The Hall–Kier alpha value is -3.76. The van der Waals surface area contributed by atoms with Crippen LogP contribution in [-0.4, -0.2) is 68.3 Å². The number of aromatic nitrogens is 1. The minimum Gasteiger partial charge on any atom is -0.494 e. The van der Waals surface area contributed by atoms with Crippen molar-refractivity contribution in [3.05, 3.63) is 72.6 Å². The molecule has 2 aromatic carbocycles. The molecule has 0 N–H and O–H groups in total. The van der Waals surface area contributed by atoms with Crippen molar-refractivity contribution in [1.29, 1.82) is 0 Å². The van der Waals surface area contributed by atoms with Crippen molar-refractivity contribution in [2.45, 2.75) is 12.8 Å². The van der Waals surface area contributed by atoms with Crippen molar-refractivity contribution in [3.8, 4) is 22.6 Å². The van der Waals surface area contributed by atoms with Crippen LogP contribution in [-0.2, 0) is 4.74 Å². The highest BCUT2D eigenvalue weighted by Crippen LogP contribution is 2.36. The van der Waals surface area contributed by atoms with Gasteiger partial charge in [0.25, 0.3) is 0 Å². The zero-order valence-corrected chi connectivity index (χ0v) is 20.2. The molecule has 0 atom stereocenters. The SMILES string of the molecule is C=NC(=Nc1ccc(OCCCN2CCOCC2)cc1-c1cccc(OC(F)(F)F)c1)c1cccnc1. The zero-order valence-electron chi connectivity index (χ0n) is 20.2. The molecule has 0 bridgehead atoms. The summed E-state index contributed by atoms with van der Waals surface area (Å²) in [6.07, 6.45) is -0.731. The second kappa shape index (κ2) is 12.5. The first-order valence-electron chi connectivity index (χ1n) is 11.8. The molecule has 0 radical (unpaired) electrons. The van der Waals surface area contributed by atoms with Gasteiger partial charge in [0.2, 0.25) is 0 Å². The van der Waals surface area contributed by atoms with Gasteiger partial charge in [0.1, 0.15) is 11.5 Å². The van der Waals surface area contributed by atoms with Crippen LogP contribution in [0.1, 0.15) is 12.0 Å². The van der Waals surface area contributed by atoms with Crippen molar-refractivity contribution in [1.82, 2.24) is 9.88 Å². The summed E-state index contributed by atoms with van der Waals surface area (Å²) in [5, 5.41) is 0. The molecule has 0 unspecified atom stereocenters. The number of amidine groups is 1. The van der Waals surface area contributed by atoms with Crippen molar-refractivity contribution in [2.75, 3.05) is 39.5 Å². The van der Waals surface area contributed by atoms with Crippen molar-refractivity contribution in [2.24, 2.45) is 9.98 Å². The van der Waals surface area contributed by atoms with E-state index in [0.29, 0.717) is 40.6 Å². The normalized spacial score (nSPS) is 14.8. The van der Waals surface area contributed by atoms with E-state index in [1.54, 1.807) is 48.8 Å². The predicted molar refractivity (Wildman–Crippen MR) is 136 cm³/mol. The van der Waals surface area contributed by atoms with Crippen LogP contribution in [0.3, 0.4) is 0 Å². The number of aliphatic imine (C=N–C) groups is 2. The number of halogens is 3. The summed E-state index contributed by atoms with van der Waals surface area (Å²) in [4.78, 5) is 15.1. The average molecular weight is 513 g/mol. The quantitative estimate of drug-likeness (QED) is 0.214. The highest BCUT2D eigenvalue weighted by molar-refractivity contribution is 6.03. The largest absolute Gasteiger partial charge is 0.573 e. The number of hydrogen-bond donors (Lipinski definition) is 0. The van der Waals surface area contributed by atoms with Gasteiger partial charge in [-0.1, -0.05) is 12.1 Å². The Morgan fingerprint density at radius 3 is 2.62 bits per heavy atom. The summed E-state index contributed by atoms with van der Waals surface area (Å²) >= 11 is 0. The van der Waals surface area contributed by atoms with E-state index in [1.165, 1.54) is 18.2 Å². The first-order chi connectivity index (χ1) is 17.9. The molecule has 1 saturated heterocycles. The molecule has 1 fully saturated rings. The van der Waals surface area contributed by atoms with Gasteiger partial charge in [0, 0.05) is 43.2 Å². The fraction of sp³-hybridized carbons (Fsp3) is 0.296. The molecular weight excluding hydrogens is 485 g/mol. The van der Waals surface area contributed by atoms with Gasteiger partial charge in [-0.05, 0) is 61.2 Å². The summed E-state index contributed by atoms with van der Waals surface area (Å²) in [5.41, 5.74) is 2.18. The van der Waals surface area contributed by atoms with E-state index >= 15 is 0 Å². The second-order valence-electron chi connectivity index (χ2n) is 8.25. The van der Waals surface area contributed by atoms with Crippen LogP contribution in [0.25, 0.3) is 11.1 Å². The summed E-state index contributed by atoms with van der Waals surface area (Å²) in [7, 11) is 0. The van der Waals surface area contributed by atoms with E-state index in [1.807, 2.05) is 0 Å². The molecule has 37 heavy (non-hydrogen) atoms. The predicted octanol–water partition coefficient (Wildman–Crippen LogP) is 5.53. The number of morpholine rings is 1. The standard InChI is InChI=1S/C27H27F3N4O3/c1-31-26(21-6-3-10-32-19-21)33-25-9-8-22(36-14-4-11-34-12-15-35-16-13-34)18-24(25)20-5-2-7-23(17-20)37-27(28,29)30/h2-3,5-10,17-19H,1,4,11-16H2. The van der Waals surface area contributed by atoms with E-state index in [2.05, 4.69) is 31.3 Å². The molecule has 1 aliphatic rings. The van der Waals surface area contributed by atoms with Crippen LogP contribution in [0.5, 0.6) is 11.5 Å². The third-order valence-electron chi connectivity index (χ3n) is 5.63. The van der Waals surface area contributed by atoms with Gasteiger partial charge in [0.15, 0.2) is 5.84 Å². The van der Waals surface area contributed by atoms with Gasteiger partial charge in [0.05, 0.1) is 25.5 Å². The third-order valence-corrected chi connectivity index (χ3v) is 5.63. The molecule has 0 aliphatic carbocycles. The van der Waals surface area contributed by atoms with Crippen molar-refractivity contribution in [3.63, 3.8) is 0 Å². The Morgan fingerprint density at radius 2 is 1.89 bits per heavy atom. The molecule has 0 spiro atoms. The van der Waals surface area contributed by atoms with Crippen LogP contribution < -0.4 is 9.47 Å². The smallest absolute Gasteiger partial charge is 0.494 e. The molecule has 1 aromatic heterocycles. The second-order valence-corrected chi connectivity index (χ2v) is 8.25. The first kappa shape index (κ1) is 26.3. The van der Waals surface area contributed by atoms with Gasteiger partial charge in [-0.25, -0.2) is 9.98 Å². The Balaban J connectivity index is 1.61. The molecule has 3 aromatic rings. The van der Waals surface area contributed by atoms with Gasteiger partial charge < -0.3 is 14.2 Å². The van der Waals surface area contributed by atoms with Gasteiger partial charge in [-0.2, -0.15) is 0 Å². The number of benzene rings is 2. The number of pyridine rings is 1.